The van der Waals surface area contributed by atoms with E-state index in [2.05, 4.69) is 25.3 Å². The first-order chi connectivity index (χ1) is 18.7. The number of halogens is 3. The number of ether oxygens (including phenoxy) is 1. The van der Waals surface area contributed by atoms with Crippen LogP contribution in [0.1, 0.15) is 24.2 Å². The predicted molar refractivity (Wildman–Crippen MR) is 149 cm³/mol. The molecule has 6 rings (SSSR count). The first kappa shape index (κ1) is 25.5. The molecular weight excluding hydrogens is 542 g/mol. The number of hydrogen-bond acceptors (Lipinski definition) is 7. The second-order valence-electron chi connectivity index (χ2n) is 10.0. The van der Waals surface area contributed by atoms with Gasteiger partial charge in [0.1, 0.15) is 17.5 Å². The van der Waals surface area contributed by atoms with Gasteiger partial charge in [-0.3, -0.25) is 14.8 Å². The molecule has 1 saturated heterocycles. The molecule has 5 aromatic rings. The molecule has 0 unspecified atom stereocenters. The van der Waals surface area contributed by atoms with Crippen LogP contribution in [-0.2, 0) is 13.5 Å². The van der Waals surface area contributed by atoms with Crippen LogP contribution in [-0.4, -0.2) is 48.6 Å². The van der Waals surface area contributed by atoms with Gasteiger partial charge in [0.2, 0.25) is 0 Å². The van der Waals surface area contributed by atoms with Crippen LogP contribution in [0, 0.1) is 5.82 Å². The number of pyridine rings is 2. The van der Waals surface area contributed by atoms with Crippen molar-refractivity contribution >= 4 is 39.9 Å². The van der Waals surface area contributed by atoms with Gasteiger partial charge in [-0.15, -0.1) is 0 Å². The van der Waals surface area contributed by atoms with Gasteiger partial charge in [-0.25, -0.2) is 9.37 Å². The number of aromatic nitrogens is 6. The summed E-state index contributed by atoms with van der Waals surface area (Å²) in [4.78, 5) is 10.3. The minimum absolute atomic E-state index is 0.273. The Labute approximate surface area is 233 Å². The van der Waals surface area contributed by atoms with Gasteiger partial charge >= 0.3 is 0 Å². The fourth-order valence-corrected chi connectivity index (χ4v) is 5.77. The lowest BCUT2D eigenvalue weighted by Gasteiger charge is -2.48. The SMILES string of the molecule is C[C@@H](Oc1ccc2[nH]nc(-c3cnc(N4CC(N)(Cc5cnn(C)c5)C4)c(F)c3)c2c1)c1c(Cl)cncc1Cl. The maximum atomic E-state index is 15.3. The number of fused-ring (bicyclic) bond motifs is 1. The van der Waals surface area contributed by atoms with Crippen molar-refractivity contribution < 1.29 is 9.13 Å². The number of H-pyrrole nitrogens is 1. The van der Waals surface area contributed by atoms with Gasteiger partial charge in [-0.05, 0) is 43.2 Å². The van der Waals surface area contributed by atoms with Gasteiger partial charge in [0, 0.05) is 61.4 Å². The summed E-state index contributed by atoms with van der Waals surface area (Å²) in [6.45, 7) is 2.86. The molecule has 39 heavy (non-hydrogen) atoms. The normalized spacial score (nSPS) is 15.4. The Balaban J connectivity index is 1.21. The smallest absolute Gasteiger partial charge is 0.166 e. The van der Waals surface area contributed by atoms with Gasteiger partial charge in [0.05, 0.1) is 27.3 Å². The van der Waals surface area contributed by atoms with E-state index in [0.29, 0.717) is 52.1 Å². The zero-order chi connectivity index (χ0) is 27.3. The number of nitrogens with zero attached hydrogens (tertiary/aromatic N) is 6. The highest BCUT2D eigenvalue weighted by Gasteiger charge is 2.41. The highest BCUT2D eigenvalue weighted by molar-refractivity contribution is 6.35. The number of anilines is 1. The Morgan fingerprint density at radius 2 is 1.92 bits per heavy atom. The van der Waals surface area contributed by atoms with Crippen LogP contribution < -0.4 is 15.4 Å². The molecule has 1 aliphatic heterocycles. The molecule has 0 bridgehead atoms. The predicted octanol–water partition coefficient (Wildman–Crippen LogP) is 5.10. The van der Waals surface area contributed by atoms with Crippen molar-refractivity contribution in [2.24, 2.45) is 12.8 Å². The summed E-state index contributed by atoms with van der Waals surface area (Å²) in [7, 11) is 1.87. The van der Waals surface area contributed by atoms with Crippen LogP contribution in [0.4, 0.5) is 10.2 Å². The van der Waals surface area contributed by atoms with Crippen LogP contribution in [0.3, 0.4) is 0 Å². The highest BCUT2D eigenvalue weighted by Crippen LogP contribution is 2.36. The summed E-state index contributed by atoms with van der Waals surface area (Å²) >= 11 is 12.6. The molecule has 0 amide bonds. The van der Waals surface area contributed by atoms with Gasteiger partial charge in [0.15, 0.2) is 11.6 Å². The Morgan fingerprint density at radius 3 is 2.62 bits per heavy atom. The Kier molecular flexibility index (Phi) is 6.41. The zero-order valence-corrected chi connectivity index (χ0v) is 22.7. The van der Waals surface area contributed by atoms with Gasteiger partial charge in [-0.1, -0.05) is 23.2 Å². The van der Waals surface area contributed by atoms with Crippen molar-refractivity contribution in [3.63, 3.8) is 0 Å². The third-order valence-electron chi connectivity index (χ3n) is 6.86. The van der Waals surface area contributed by atoms with Crippen LogP contribution in [0.15, 0.2) is 55.2 Å². The van der Waals surface area contributed by atoms with Crippen molar-refractivity contribution in [1.82, 2.24) is 29.9 Å². The third-order valence-corrected chi connectivity index (χ3v) is 7.47. The quantitative estimate of drug-likeness (QED) is 0.282. The minimum atomic E-state index is -0.452. The molecule has 0 spiro atoms. The maximum absolute atomic E-state index is 15.3. The monoisotopic (exact) mass is 566 g/mol. The van der Waals surface area contributed by atoms with Crippen LogP contribution in [0.25, 0.3) is 22.2 Å². The Hall–Kier alpha value is -3.73. The van der Waals surface area contributed by atoms with Gasteiger partial charge in [-0.2, -0.15) is 10.2 Å². The molecule has 3 N–H and O–H groups in total. The van der Waals surface area contributed by atoms with E-state index < -0.39 is 17.5 Å². The number of nitrogens with one attached hydrogen (secondary N) is 1. The van der Waals surface area contributed by atoms with E-state index in [-0.39, 0.29) is 5.82 Å². The number of benzene rings is 1. The van der Waals surface area contributed by atoms with Crippen LogP contribution in [0.5, 0.6) is 5.75 Å². The third kappa shape index (κ3) is 4.91. The van der Waals surface area contributed by atoms with Crippen molar-refractivity contribution in [2.75, 3.05) is 18.0 Å². The molecule has 200 valence electrons. The zero-order valence-electron chi connectivity index (χ0n) is 21.2. The fourth-order valence-electron chi connectivity index (χ4n) is 5.10. The molecule has 12 heteroatoms. The lowest BCUT2D eigenvalue weighted by Crippen LogP contribution is -2.69. The topological polar surface area (TPSA) is 111 Å². The molecule has 1 atom stereocenters. The van der Waals surface area contributed by atoms with Gasteiger partial charge < -0.3 is 15.4 Å². The fraction of sp³-hybridized carbons (Fsp3) is 0.259. The number of aryl methyl sites for hydroxylation is 1. The molecule has 5 heterocycles. The lowest BCUT2D eigenvalue weighted by molar-refractivity contribution is 0.227. The largest absolute Gasteiger partial charge is 0.486 e. The van der Waals surface area contributed by atoms with E-state index in [9.17, 15) is 0 Å². The average molecular weight is 567 g/mol. The molecule has 1 aliphatic rings. The Morgan fingerprint density at radius 1 is 1.15 bits per heavy atom. The van der Waals surface area contributed by atoms with Crippen molar-refractivity contribution in [3.8, 4) is 17.0 Å². The van der Waals surface area contributed by atoms with E-state index in [4.69, 9.17) is 33.7 Å². The van der Waals surface area contributed by atoms with Gasteiger partial charge in [0.25, 0.3) is 0 Å². The van der Waals surface area contributed by atoms with E-state index in [1.54, 1.807) is 17.1 Å². The molecule has 0 aliphatic carbocycles. The number of rotatable bonds is 7. The summed E-state index contributed by atoms with van der Waals surface area (Å²) in [5.74, 6) is 0.421. The summed E-state index contributed by atoms with van der Waals surface area (Å²) < 4.78 is 23.1. The second-order valence-corrected chi connectivity index (χ2v) is 10.8. The average Bonchev–Trinajstić information content (AvgIpc) is 3.47. The molecule has 4 aromatic heterocycles. The number of nitrogens with two attached hydrogens (primary N) is 1. The number of hydrogen-bond donors (Lipinski definition) is 2. The first-order valence-electron chi connectivity index (χ1n) is 12.3. The van der Waals surface area contributed by atoms with E-state index in [1.165, 1.54) is 18.5 Å². The highest BCUT2D eigenvalue weighted by atomic mass is 35.5. The lowest BCUT2D eigenvalue weighted by atomic mass is 9.85. The number of aromatic amines is 1. The van der Waals surface area contributed by atoms with Crippen molar-refractivity contribution in [2.45, 2.75) is 25.0 Å². The summed E-state index contributed by atoms with van der Waals surface area (Å²) in [6.07, 6.45) is 8.67. The molecule has 0 saturated carbocycles. The van der Waals surface area contributed by atoms with Crippen molar-refractivity contribution in [1.29, 1.82) is 0 Å². The summed E-state index contributed by atoms with van der Waals surface area (Å²) in [6, 6.07) is 6.96. The van der Waals surface area contributed by atoms with Crippen LogP contribution in [0.2, 0.25) is 10.0 Å². The summed E-state index contributed by atoms with van der Waals surface area (Å²) in [5, 5.41) is 13.2. The molecule has 0 radical (unpaired) electrons. The molecule has 1 aromatic carbocycles. The van der Waals surface area contributed by atoms with Crippen LogP contribution >= 0.6 is 23.2 Å². The summed E-state index contributed by atoms with van der Waals surface area (Å²) in [5.41, 5.74) is 9.66. The van der Waals surface area contributed by atoms with Crippen molar-refractivity contribution in [3.05, 3.63) is 82.2 Å². The van der Waals surface area contributed by atoms with E-state index in [0.717, 1.165) is 16.5 Å². The molecule has 9 nitrogen and oxygen atoms in total. The Bertz CT molecular complexity index is 1660. The second kappa shape index (κ2) is 9.78. The first-order valence-corrected chi connectivity index (χ1v) is 13.1. The van der Waals surface area contributed by atoms with E-state index in [1.807, 2.05) is 43.3 Å². The molecular formula is C27H25Cl2FN8O. The maximum Gasteiger partial charge on any atom is 0.166 e. The minimum Gasteiger partial charge on any atom is -0.486 e. The molecule has 1 fully saturated rings. The standard InChI is InChI=1S/C27H25Cl2FN8O/c1-15(24-20(28)10-32-11-21(24)29)39-18-3-4-23-19(6-18)25(36-35-23)17-5-22(30)26(33-9-17)38-13-27(31,14-38)7-16-8-34-37(2)12-16/h3-6,8-12,15H,7,13-14,31H2,1-2H3,(H,35,36)/t15-/m1/s1. The van der Waals surface area contributed by atoms with E-state index >= 15 is 4.39 Å².